The molecule has 0 amide bonds. The van der Waals surface area contributed by atoms with Gasteiger partial charge >= 0.3 is 0 Å². The van der Waals surface area contributed by atoms with Gasteiger partial charge in [-0.1, -0.05) is 35.9 Å². The van der Waals surface area contributed by atoms with Crippen molar-refractivity contribution in [1.29, 1.82) is 0 Å². The molecule has 132 valence electrons. The van der Waals surface area contributed by atoms with Crippen molar-refractivity contribution in [2.45, 2.75) is 13.3 Å². The van der Waals surface area contributed by atoms with E-state index in [1.807, 2.05) is 25.4 Å². The van der Waals surface area contributed by atoms with E-state index in [-0.39, 0.29) is 0 Å². The first-order valence-electron chi connectivity index (χ1n) is 8.93. The van der Waals surface area contributed by atoms with E-state index in [9.17, 15) is 0 Å². The van der Waals surface area contributed by atoms with Crippen LogP contribution in [0.4, 0.5) is 5.82 Å². The molecule has 0 spiro atoms. The molecule has 1 aromatic heterocycles. The highest BCUT2D eigenvalue weighted by Crippen LogP contribution is 2.12. The van der Waals surface area contributed by atoms with Crippen LogP contribution < -0.4 is 10.2 Å². The van der Waals surface area contributed by atoms with Crippen molar-refractivity contribution < 1.29 is 0 Å². The van der Waals surface area contributed by atoms with Crippen molar-refractivity contribution in [1.82, 2.24) is 15.2 Å². The smallest absolute Gasteiger partial charge is 0.193 e. The first-order chi connectivity index (χ1) is 12.3. The lowest BCUT2D eigenvalue weighted by Gasteiger charge is -2.37. The van der Waals surface area contributed by atoms with E-state index < -0.39 is 0 Å². The van der Waals surface area contributed by atoms with Crippen molar-refractivity contribution in [3.63, 3.8) is 0 Å². The van der Waals surface area contributed by atoms with E-state index >= 15 is 0 Å². The Morgan fingerprint density at radius 3 is 2.64 bits per heavy atom. The zero-order valence-corrected chi connectivity index (χ0v) is 15.2. The summed E-state index contributed by atoms with van der Waals surface area (Å²) in [4.78, 5) is 13.6. The summed E-state index contributed by atoms with van der Waals surface area (Å²) < 4.78 is 0. The maximum Gasteiger partial charge on any atom is 0.193 e. The van der Waals surface area contributed by atoms with E-state index in [1.165, 1.54) is 11.1 Å². The number of piperazine rings is 1. The maximum atomic E-state index is 4.46. The zero-order valence-electron chi connectivity index (χ0n) is 15.2. The van der Waals surface area contributed by atoms with Crippen molar-refractivity contribution in [2.24, 2.45) is 4.99 Å². The molecule has 0 radical (unpaired) electrons. The number of aliphatic imine (C=N–C) groups is 1. The van der Waals surface area contributed by atoms with Crippen LogP contribution in [0.1, 0.15) is 11.1 Å². The second-order valence-corrected chi connectivity index (χ2v) is 6.38. The average Bonchev–Trinajstić information content (AvgIpc) is 2.66. The maximum absolute atomic E-state index is 4.46. The van der Waals surface area contributed by atoms with Gasteiger partial charge in [0.15, 0.2) is 5.96 Å². The van der Waals surface area contributed by atoms with Gasteiger partial charge in [0.1, 0.15) is 5.82 Å². The Hall–Kier alpha value is -2.56. The molecular weight excluding hydrogens is 310 g/mol. The second-order valence-electron chi connectivity index (χ2n) is 6.38. The van der Waals surface area contributed by atoms with E-state index in [1.54, 1.807) is 0 Å². The fraction of sp³-hybridized carbons (Fsp3) is 0.400. The van der Waals surface area contributed by atoms with Gasteiger partial charge in [-0.2, -0.15) is 0 Å². The molecule has 1 aliphatic rings. The molecule has 2 aromatic rings. The van der Waals surface area contributed by atoms with Crippen LogP contribution in [0.3, 0.4) is 0 Å². The number of benzene rings is 1. The Morgan fingerprint density at radius 1 is 1.12 bits per heavy atom. The summed E-state index contributed by atoms with van der Waals surface area (Å²) in [5.74, 6) is 2.05. The van der Waals surface area contributed by atoms with Crippen LogP contribution in [-0.2, 0) is 6.42 Å². The number of nitrogens with one attached hydrogen (secondary N) is 1. The molecule has 0 bridgehead atoms. The topological polar surface area (TPSA) is 43.8 Å². The predicted octanol–water partition coefficient (Wildman–Crippen LogP) is 2.33. The van der Waals surface area contributed by atoms with Crippen molar-refractivity contribution in [3.05, 3.63) is 59.8 Å². The number of rotatable bonds is 4. The molecule has 3 rings (SSSR count). The number of pyridine rings is 1. The van der Waals surface area contributed by atoms with Crippen LogP contribution in [0.15, 0.2) is 53.7 Å². The minimum Gasteiger partial charge on any atom is -0.356 e. The molecule has 25 heavy (non-hydrogen) atoms. The molecule has 0 unspecified atom stereocenters. The standard InChI is InChI=1S/C20H27N5/c1-17-6-5-7-18(16-17)9-11-23-20(21-2)25-14-12-24(13-15-25)19-8-3-4-10-22-19/h3-8,10,16H,9,11-15H2,1-2H3,(H,21,23). The second kappa shape index (κ2) is 8.51. The molecule has 0 aliphatic carbocycles. The average molecular weight is 337 g/mol. The summed E-state index contributed by atoms with van der Waals surface area (Å²) in [6, 6.07) is 14.8. The Labute approximate surface area is 150 Å². The number of aryl methyl sites for hydroxylation is 1. The van der Waals surface area contributed by atoms with Crippen molar-refractivity contribution in [2.75, 3.05) is 44.7 Å². The number of anilines is 1. The van der Waals surface area contributed by atoms with Gasteiger partial charge in [0.05, 0.1) is 0 Å². The largest absolute Gasteiger partial charge is 0.356 e. The quantitative estimate of drug-likeness (QED) is 0.687. The third-order valence-corrected chi connectivity index (χ3v) is 4.54. The van der Waals surface area contributed by atoms with E-state index in [0.717, 1.165) is 50.9 Å². The fourth-order valence-electron chi connectivity index (χ4n) is 3.21. The Morgan fingerprint density at radius 2 is 1.96 bits per heavy atom. The molecule has 1 fully saturated rings. The SMILES string of the molecule is CN=C(NCCc1cccc(C)c1)N1CCN(c2ccccn2)CC1. The Bertz CT molecular complexity index is 690. The summed E-state index contributed by atoms with van der Waals surface area (Å²) in [6.45, 7) is 6.89. The van der Waals surface area contributed by atoms with Crippen LogP contribution >= 0.6 is 0 Å². The number of guanidine groups is 1. The monoisotopic (exact) mass is 337 g/mol. The van der Waals surface area contributed by atoms with Gasteiger partial charge in [-0.25, -0.2) is 4.98 Å². The van der Waals surface area contributed by atoms with E-state index in [4.69, 9.17) is 0 Å². The van der Waals surface area contributed by atoms with Crippen LogP contribution in [0, 0.1) is 6.92 Å². The fourth-order valence-corrected chi connectivity index (χ4v) is 3.21. The normalized spacial score (nSPS) is 15.4. The first-order valence-corrected chi connectivity index (χ1v) is 8.93. The van der Waals surface area contributed by atoms with Crippen molar-refractivity contribution >= 4 is 11.8 Å². The Kier molecular flexibility index (Phi) is 5.88. The number of aromatic nitrogens is 1. The molecule has 5 heteroatoms. The molecule has 0 atom stereocenters. The lowest BCUT2D eigenvalue weighted by atomic mass is 10.1. The third-order valence-electron chi connectivity index (χ3n) is 4.54. The van der Waals surface area contributed by atoms with Crippen LogP contribution in [0.25, 0.3) is 0 Å². The molecular formula is C20H27N5. The van der Waals surface area contributed by atoms with E-state index in [2.05, 4.69) is 62.3 Å². The minimum absolute atomic E-state index is 0.899. The molecule has 1 N–H and O–H groups in total. The molecule has 1 aliphatic heterocycles. The van der Waals surface area contributed by atoms with Gasteiger partial charge in [-0.3, -0.25) is 4.99 Å². The minimum atomic E-state index is 0.899. The molecule has 1 saturated heterocycles. The van der Waals surface area contributed by atoms with Gasteiger partial charge in [0.2, 0.25) is 0 Å². The lowest BCUT2D eigenvalue weighted by Crippen LogP contribution is -2.53. The van der Waals surface area contributed by atoms with Crippen LogP contribution in [-0.4, -0.2) is 55.6 Å². The first kappa shape index (κ1) is 17.3. The van der Waals surface area contributed by atoms with Gasteiger partial charge in [-0.15, -0.1) is 0 Å². The van der Waals surface area contributed by atoms with E-state index in [0.29, 0.717) is 0 Å². The van der Waals surface area contributed by atoms with Crippen LogP contribution in [0.2, 0.25) is 0 Å². The number of hydrogen-bond donors (Lipinski definition) is 1. The molecule has 0 saturated carbocycles. The summed E-state index contributed by atoms with van der Waals surface area (Å²) >= 11 is 0. The highest BCUT2D eigenvalue weighted by Gasteiger charge is 2.20. The van der Waals surface area contributed by atoms with Gasteiger partial charge in [0, 0.05) is 46.0 Å². The highest BCUT2D eigenvalue weighted by molar-refractivity contribution is 5.80. The van der Waals surface area contributed by atoms with Gasteiger partial charge in [0.25, 0.3) is 0 Å². The number of nitrogens with zero attached hydrogens (tertiary/aromatic N) is 4. The highest BCUT2D eigenvalue weighted by atomic mass is 15.4. The van der Waals surface area contributed by atoms with Gasteiger partial charge < -0.3 is 15.1 Å². The Balaban J connectivity index is 1.48. The molecule has 1 aromatic carbocycles. The lowest BCUT2D eigenvalue weighted by molar-refractivity contribution is 0.372. The molecule has 5 nitrogen and oxygen atoms in total. The zero-order chi connectivity index (χ0) is 17.5. The third kappa shape index (κ3) is 4.72. The summed E-state index contributed by atoms with van der Waals surface area (Å²) in [7, 11) is 1.86. The van der Waals surface area contributed by atoms with Crippen molar-refractivity contribution in [3.8, 4) is 0 Å². The molecule has 2 heterocycles. The summed E-state index contributed by atoms with van der Waals surface area (Å²) in [5, 5.41) is 3.50. The summed E-state index contributed by atoms with van der Waals surface area (Å²) in [6.07, 6.45) is 2.86. The summed E-state index contributed by atoms with van der Waals surface area (Å²) in [5.41, 5.74) is 2.68. The van der Waals surface area contributed by atoms with Gasteiger partial charge in [-0.05, 0) is 31.0 Å². The van der Waals surface area contributed by atoms with Crippen LogP contribution in [0.5, 0.6) is 0 Å². The number of hydrogen-bond acceptors (Lipinski definition) is 3. The predicted molar refractivity (Wildman–Crippen MR) is 104 cm³/mol.